The molecule has 0 amide bonds. The third-order valence-corrected chi connectivity index (χ3v) is 3.38. The van der Waals surface area contributed by atoms with Crippen LogP contribution in [0.25, 0.3) is 0 Å². The van der Waals surface area contributed by atoms with E-state index in [1.54, 1.807) is 0 Å². The van der Waals surface area contributed by atoms with E-state index in [-0.39, 0.29) is 6.10 Å². The molecule has 0 spiro atoms. The van der Waals surface area contributed by atoms with Crippen LogP contribution in [-0.4, -0.2) is 35.8 Å². The zero-order valence-corrected chi connectivity index (χ0v) is 10.6. The van der Waals surface area contributed by atoms with Crippen LogP contribution in [0.1, 0.15) is 20.3 Å². The number of nitrogens with one attached hydrogen (secondary N) is 1. The van der Waals surface area contributed by atoms with Gasteiger partial charge in [-0.25, -0.2) is 0 Å². The first kappa shape index (κ1) is 12.2. The van der Waals surface area contributed by atoms with Gasteiger partial charge in [0.25, 0.3) is 0 Å². The van der Waals surface area contributed by atoms with E-state index in [9.17, 15) is 5.11 Å². The van der Waals surface area contributed by atoms with Crippen molar-refractivity contribution in [3.63, 3.8) is 0 Å². The van der Waals surface area contributed by atoms with E-state index < -0.39 is 0 Å². The predicted molar refractivity (Wildman–Crippen MR) is 70.4 cm³/mol. The third kappa shape index (κ3) is 2.88. The molecule has 0 bridgehead atoms. The van der Waals surface area contributed by atoms with Crippen molar-refractivity contribution in [1.29, 1.82) is 0 Å². The first-order valence-electron chi connectivity index (χ1n) is 6.32. The summed E-state index contributed by atoms with van der Waals surface area (Å²) >= 11 is 0. The minimum Gasteiger partial charge on any atom is -0.393 e. The molecule has 4 nitrogen and oxygen atoms in total. The minimum atomic E-state index is -0.218. The number of rotatable bonds is 4. The predicted octanol–water partition coefficient (Wildman–Crippen LogP) is 1.72. The number of aliphatic hydroxyl groups excluding tert-OH is 1. The maximum atomic E-state index is 9.60. The van der Waals surface area contributed by atoms with Crippen molar-refractivity contribution in [1.82, 2.24) is 4.98 Å². The van der Waals surface area contributed by atoms with Gasteiger partial charge in [0.15, 0.2) is 0 Å². The van der Waals surface area contributed by atoms with Crippen molar-refractivity contribution in [2.45, 2.75) is 26.4 Å². The van der Waals surface area contributed by atoms with Crippen LogP contribution in [0, 0.1) is 5.92 Å². The lowest BCUT2D eigenvalue weighted by Crippen LogP contribution is -2.24. The summed E-state index contributed by atoms with van der Waals surface area (Å²) in [6.45, 7) is 6.79. The SMILES string of the molecule is CCNc1cncc(N2CCC(C(C)O)C2)c1. The van der Waals surface area contributed by atoms with Gasteiger partial charge in [0, 0.05) is 25.6 Å². The van der Waals surface area contributed by atoms with Crippen LogP contribution in [-0.2, 0) is 0 Å². The molecule has 2 unspecified atom stereocenters. The summed E-state index contributed by atoms with van der Waals surface area (Å²) in [5.74, 6) is 0.387. The Bertz CT molecular complexity index is 367. The summed E-state index contributed by atoms with van der Waals surface area (Å²) in [5.41, 5.74) is 2.21. The quantitative estimate of drug-likeness (QED) is 0.834. The van der Waals surface area contributed by atoms with Gasteiger partial charge < -0.3 is 15.3 Å². The molecule has 1 saturated heterocycles. The number of pyridine rings is 1. The Morgan fingerprint density at radius 3 is 3.06 bits per heavy atom. The van der Waals surface area contributed by atoms with Crippen molar-refractivity contribution in [3.8, 4) is 0 Å². The number of hydrogen-bond acceptors (Lipinski definition) is 4. The van der Waals surface area contributed by atoms with E-state index in [4.69, 9.17) is 0 Å². The van der Waals surface area contributed by atoms with Gasteiger partial charge in [0.1, 0.15) is 0 Å². The van der Waals surface area contributed by atoms with Crippen LogP contribution < -0.4 is 10.2 Å². The largest absolute Gasteiger partial charge is 0.393 e. The van der Waals surface area contributed by atoms with Crippen molar-refractivity contribution < 1.29 is 5.11 Å². The van der Waals surface area contributed by atoms with E-state index in [2.05, 4.69) is 28.2 Å². The van der Waals surface area contributed by atoms with Crippen molar-refractivity contribution >= 4 is 11.4 Å². The molecule has 94 valence electrons. The van der Waals surface area contributed by atoms with Gasteiger partial charge in [0.2, 0.25) is 0 Å². The normalized spacial score (nSPS) is 21.6. The molecule has 2 atom stereocenters. The number of nitrogens with zero attached hydrogens (tertiary/aromatic N) is 2. The van der Waals surface area contributed by atoms with Gasteiger partial charge in [-0.1, -0.05) is 0 Å². The monoisotopic (exact) mass is 235 g/mol. The van der Waals surface area contributed by atoms with Crippen LogP contribution >= 0.6 is 0 Å². The van der Waals surface area contributed by atoms with Crippen LogP contribution in [0.4, 0.5) is 11.4 Å². The van der Waals surface area contributed by atoms with Crippen molar-refractivity contribution in [2.24, 2.45) is 5.92 Å². The molecule has 0 aliphatic carbocycles. The van der Waals surface area contributed by atoms with E-state index >= 15 is 0 Å². The highest BCUT2D eigenvalue weighted by Crippen LogP contribution is 2.26. The molecule has 0 aromatic carbocycles. The molecule has 0 saturated carbocycles. The van der Waals surface area contributed by atoms with Gasteiger partial charge in [-0.3, -0.25) is 4.98 Å². The maximum absolute atomic E-state index is 9.60. The molecule has 1 aliphatic heterocycles. The summed E-state index contributed by atoms with van der Waals surface area (Å²) in [6.07, 6.45) is 4.58. The van der Waals surface area contributed by atoms with Crippen molar-refractivity contribution in [2.75, 3.05) is 29.9 Å². The smallest absolute Gasteiger partial charge is 0.0573 e. The highest BCUT2D eigenvalue weighted by Gasteiger charge is 2.26. The van der Waals surface area contributed by atoms with Crippen LogP contribution in [0.15, 0.2) is 18.5 Å². The van der Waals surface area contributed by atoms with E-state index in [1.165, 1.54) is 0 Å². The second kappa shape index (κ2) is 5.36. The molecule has 17 heavy (non-hydrogen) atoms. The molecule has 2 N–H and O–H groups in total. The van der Waals surface area contributed by atoms with Gasteiger partial charge in [0.05, 0.1) is 29.9 Å². The standard InChI is InChI=1S/C13H21N3O/c1-3-15-12-6-13(8-14-7-12)16-5-4-11(9-16)10(2)17/h6-8,10-11,15,17H,3-5,9H2,1-2H3. The molecular weight excluding hydrogens is 214 g/mol. The summed E-state index contributed by atoms with van der Waals surface area (Å²) in [6, 6.07) is 2.13. The Balaban J connectivity index is 2.05. The second-order valence-corrected chi connectivity index (χ2v) is 4.70. The van der Waals surface area contributed by atoms with Gasteiger partial charge >= 0.3 is 0 Å². The van der Waals surface area contributed by atoms with E-state index in [1.807, 2.05) is 19.3 Å². The first-order chi connectivity index (χ1) is 8.20. The van der Waals surface area contributed by atoms with Crippen LogP contribution in [0.2, 0.25) is 0 Å². The topological polar surface area (TPSA) is 48.4 Å². The molecule has 0 radical (unpaired) electrons. The average molecular weight is 235 g/mol. The molecule has 2 heterocycles. The molecule has 1 aromatic heterocycles. The number of hydrogen-bond donors (Lipinski definition) is 2. The first-order valence-corrected chi connectivity index (χ1v) is 6.32. The molecule has 4 heteroatoms. The Morgan fingerprint density at radius 1 is 1.59 bits per heavy atom. The fourth-order valence-electron chi connectivity index (χ4n) is 2.32. The highest BCUT2D eigenvalue weighted by molar-refractivity contribution is 5.56. The van der Waals surface area contributed by atoms with Gasteiger partial charge in [-0.05, 0) is 26.3 Å². The maximum Gasteiger partial charge on any atom is 0.0573 e. The lowest BCUT2D eigenvalue weighted by molar-refractivity contribution is 0.136. The fourth-order valence-corrected chi connectivity index (χ4v) is 2.32. The van der Waals surface area contributed by atoms with Crippen molar-refractivity contribution in [3.05, 3.63) is 18.5 Å². The molecule has 2 rings (SSSR count). The molecule has 1 aliphatic rings. The Labute approximate surface area is 103 Å². The zero-order valence-electron chi connectivity index (χ0n) is 10.6. The van der Waals surface area contributed by atoms with E-state index in [0.29, 0.717) is 5.92 Å². The van der Waals surface area contributed by atoms with E-state index in [0.717, 1.165) is 37.4 Å². The number of aromatic nitrogens is 1. The van der Waals surface area contributed by atoms with Crippen LogP contribution in [0.5, 0.6) is 0 Å². The Hall–Kier alpha value is -1.29. The fraction of sp³-hybridized carbons (Fsp3) is 0.615. The third-order valence-electron chi connectivity index (χ3n) is 3.38. The molecular formula is C13H21N3O. The average Bonchev–Trinajstić information content (AvgIpc) is 2.79. The summed E-state index contributed by atoms with van der Waals surface area (Å²) in [4.78, 5) is 6.55. The summed E-state index contributed by atoms with van der Waals surface area (Å²) < 4.78 is 0. The highest BCUT2D eigenvalue weighted by atomic mass is 16.3. The molecule has 1 aromatic rings. The van der Waals surface area contributed by atoms with Gasteiger partial charge in [-0.15, -0.1) is 0 Å². The minimum absolute atomic E-state index is 0.218. The number of anilines is 2. The number of aliphatic hydroxyl groups is 1. The summed E-state index contributed by atoms with van der Waals surface area (Å²) in [7, 11) is 0. The lowest BCUT2D eigenvalue weighted by atomic mass is 10.0. The zero-order chi connectivity index (χ0) is 12.3. The summed E-state index contributed by atoms with van der Waals surface area (Å²) in [5, 5.41) is 12.9. The van der Waals surface area contributed by atoms with Gasteiger partial charge in [-0.2, -0.15) is 0 Å². The second-order valence-electron chi connectivity index (χ2n) is 4.70. The Morgan fingerprint density at radius 2 is 2.41 bits per heavy atom. The molecule has 1 fully saturated rings. The van der Waals surface area contributed by atoms with Crippen LogP contribution in [0.3, 0.4) is 0 Å². The lowest BCUT2D eigenvalue weighted by Gasteiger charge is -2.20. The Kier molecular flexibility index (Phi) is 3.84.